The van der Waals surface area contributed by atoms with E-state index >= 15 is 0 Å². The first kappa shape index (κ1) is 14.0. The summed E-state index contributed by atoms with van der Waals surface area (Å²) in [5.41, 5.74) is 5.55. The maximum Gasteiger partial charge on any atom is 0.237 e. The van der Waals surface area contributed by atoms with Gasteiger partial charge in [-0.05, 0) is 18.3 Å². The molecule has 0 saturated heterocycles. The third kappa shape index (κ3) is 4.73. The van der Waals surface area contributed by atoms with Gasteiger partial charge < -0.3 is 16.4 Å². The molecule has 0 aromatic heterocycles. The summed E-state index contributed by atoms with van der Waals surface area (Å²) in [6, 6.07) is -0.526. The van der Waals surface area contributed by atoms with E-state index in [1.54, 1.807) is 0 Å². The number of hydrogen-bond acceptors (Lipinski definition) is 3. The van der Waals surface area contributed by atoms with Crippen LogP contribution in [0.3, 0.4) is 0 Å². The van der Waals surface area contributed by atoms with Gasteiger partial charge in [-0.3, -0.25) is 9.59 Å². The number of nitrogens with two attached hydrogens (primary N) is 1. The molecule has 1 rings (SSSR count). The molecule has 0 aliphatic heterocycles. The van der Waals surface area contributed by atoms with E-state index < -0.39 is 6.04 Å². The monoisotopic (exact) mass is 241 g/mol. The van der Waals surface area contributed by atoms with Gasteiger partial charge in [0.05, 0.1) is 6.04 Å². The lowest BCUT2D eigenvalue weighted by atomic mass is 9.87. The first-order valence-electron chi connectivity index (χ1n) is 6.13. The highest BCUT2D eigenvalue weighted by molar-refractivity contribution is 5.82. The van der Waals surface area contributed by atoms with Gasteiger partial charge in [-0.15, -0.1) is 0 Å². The molecule has 0 spiro atoms. The second-order valence-corrected chi connectivity index (χ2v) is 5.70. The molecular weight excluding hydrogens is 218 g/mol. The third-order valence-corrected chi connectivity index (χ3v) is 2.89. The van der Waals surface area contributed by atoms with Crippen molar-refractivity contribution in [2.24, 2.45) is 17.1 Å². The van der Waals surface area contributed by atoms with Crippen LogP contribution in [0.1, 0.15) is 33.6 Å². The maximum absolute atomic E-state index is 11.6. The van der Waals surface area contributed by atoms with Crippen molar-refractivity contribution in [3.05, 3.63) is 0 Å². The van der Waals surface area contributed by atoms with Crippen molar-refractivity contribution in [2.75, 3.05) is 13.1 Å². The fraction of sp³-hybridized carbons (Fsp3) is 0.833. The third-order valence-electron chi connectivity index (χ3n) is 2.89. The topological polar surface area (TPSA) is 84.2 Å². The van der Waals surface area contributed by atoms with Gasteiger partial charge in [0.25, 0.3) is 0 Å². The minimum atomic E-state index is -0.526. The van der Waals surface area contributed by atoms with E-state index in [1.165, 1.54) is 0 Å². The number of carbonyl (C=O) groups excluding carboxylic acids is 2. The van der Waals surface area contributed by atoms with Crippen LogP contribution >= 0.6 is 0 Å². The molecule has 1 saturated carbocycles. The molecule has 17 heavy (non-hydrogen) atoms. The fourth-order valence-corrected chi connectivity index (χ4v) is 1.36. The molecule has 1 aliphatic rings. The minimum absolute atomic E-state index is 0.0966. The first-order chi connectivity index (χ1) is 7.82. The lowest BCUT2D eigenvalue weighted by Gasteiger charge is -2.25. The zero-order valence-corrected chi connectivity index (χ0v) is 10.9. The molecule has 0 unspecified atom stereocenters. The minimum Gasteiger partial charge on any atom is -0.354 e. The van der Waals surface area contributed by atoms with E-state index in [4.69, 9.17) is 5.73 Å². The van der Waals surface area contributed by atoms with Crippen molar-refractivity contribution in [1.82, 2.24) is 10.6 Å². The zero-order chi connectivity index (χ0) is 13.1. The summed E-state index contributed by atoms with van der Waals surface area (Å²) in [4.78, 5) is 22.9. The van der Waals surface area contributed by atoms with E-state index in [0.717, 1.165) is 12.8 Å². The van der Waals surface area contributed by atoms with Crippen LogP contribution < -0.4 is 16.4 Å². The summed E-state index contributed by atoms with van der Waals surface area (Å²) < 4.78 is 0. The fourth-order valence-electron chi connectivity index (χ4n) is 1.36. The molecule has 0 heterocycles. The lowest BCUT2D eigenvalue weighted by molar-refractivity contribution is -0.125. The van der Waals surface area contributed by atoms with Crippen LogP contribution in [-0.2, 0) is 9.59 Å². The average Bonchev–Trinajstić information content (AvgIpc) is 3.04. The van der Waals surface area contributed by atoms with Gasteiger partial charge >= 0.3 is 0 Å². The van der Waals surface area contributed by atoms with Crippen LogP contribution in [0.5, 0.6) is 0 Å². The van der Waals surface area contributed by atoms with Crippen molar-refractivity contribution in [2.45, 2.75) is 39.7 Å². The predicted octanol–water partition coefficient (Wildman–Crippen LogP) is 0.00220. The van der Waals surface area contributed by atoms with Crippen molar-refractivity contribution < 1.29 is 9.59 Å². The van der Waals surface area contributed by atoms with Gasteiger partial charge in [-0.25, -0.2) is 0 Å². The number of carbonyl (C=O) groups is 2. The van der Waals surface area contributed by atoms with E-state index in [1.807, 2.05) is 20.8 Å². The highest BCUT2D eigenvalue weighted by Gasteiger charge is 2.29. The van der Waals surface area contributed by atoms with Crippen molar-refractivity contribution in [3.8, 4) is 0 Å². The predicted molar refractivity (Wildman–Crippen MR) is 66.2 cm³/mol. The Morgan fingerprint density at radius 1 is 1.24 bits per heavy atom. The highest BCUT2D eigenvalue weighted by atomic mass is 16.2. The van der Waals surface area contributed by atoms with Crippen LogP contribution in [-0.4, -0.2) is 30.9 Å². The van der Waals surface area contributed by atoms with E-state index in [2.05, 4.69) is 10.6 Å². The summed E-state index contributed by atoms with van der Waals surface area (Å²) in [7, 11) is 0. The SMILES string of the molecule is CC(C)(C)[C@@H](N)C(=O)NCCNC(=O)C1CC1. The van der Waals surface area contributed by atoms with Gasteiger partial charge in [0.2, 0.25) is 11.8 Å². The van der Waals surface area contributed by atoms with E-state index in [9.17, 15) is 9.59 Å². The molecule has 2 amide bonds. The van der Waals surface area contributed by atoms with E-state index in [-0.39, 0.29) is 23.1 Å². The molecule has 0 radical (unpaired) electrons. The second kappa shape index (κ2) is 5.49. The van der Waals surface area contributed by atoms with E-state index in [0.29, 0.717) is 13.1 Å². The molecular formula is C12H23N3O2. The van der Waals surface area contributed by atoms with Crippen molar-refractivity contribution >= 4 is 11.8 Å². The van der Waals surface area contributed by atoms with Gasteiger partial charge in [-0.1, -0.05) is 20.8 Å². The first-order valence-corrected chi connectivity index (χ1v) is 6.13. The molecule has 1 aliphatic carbocycles. The number of nitrogens with one attached hydrogen (secondary N) is 2. The van der Waals surface area contributed by atoms with Crippen LogP contribution in [0, 0.1) is 11.3 Å². The van der Waals surface area contributed by atoms with Crippen LogP contribution in [0.25, 0.3) is 0 Å². The Kier molecular flexibility index (Phi) is 4.51. The van der Waals surface area contributed by atoms with Crippen LogP contribution in [0.15, 0.2) is 0 Å². The van der Waals surface area contributed by atoms with Gasteiger partial charge in [0, 0.05) is 19.0 Å². The summed E-state index contributed by atoms with van der Waals surface area (Å²) in [6.07, 6.45) is 1.99. The second-order valence-electron chi connectivity index (χ2n) is 5.70. The summed E-state index contributed by atoms with van der Waals surface area (Å²) in [5, 5.41) is 5.51. The summed E-state index contributed by atoms with van der Waals surface area (Å²) >= 11 is 0. The molecule has 0 aromatic carbocycles. The van der Waals surface area contributed by atoms with Gasteiger partial charge in [-0.2, -0.15) is 0 Å². The molecule has 5 nitrogen and oxygen atoms in total. The normalized spacial score (nSPS) is 17.4. The molecule has 0 aromatic rings. The number of hydrogen-bond donors (Lipinski definition) is 3. The number of amides is 2. The largest absolute Gasteiger partial charge is 0.354 e. The Morgan fingerprint density at radius 2 is 1.76 bits per heavy atom. The Labute approximate surface area is 103 Å². The smallest absolute Gasteiger partial charge is 0.237 e. The Hall–Kier alpha value is -1.10. The van der Waals surface area contributed by atoms with Crippen LogP contribution in [0.4, 0.5) is 0 Å². The maximum atomic E-state index is 11.6. The molecule has 1 atom stereocenters. The summed E-state index contributed by atoms with van der Waals surface area (Å²) in [6.45, 7) is 6.67. The Morgan fingerprint density at radius 3 is 2.24 bits per heavy atom. The molecule has 5 heteroatoms. The molecule has 1 fully saturated rings. The Balaban J connectivity index is 2.13. The van der Waals surface area contributed by atoms with Crippen molar-refractivity contribution in [3.63, 3.8) is 0 Å². The average molecular weight is 241 g/mol. The Bertz CT molecular complexity index is 293. The quantitative estimate of drug-likeness (QED) is 0.592. The summed E-state index contributed by atoms with van der Waals surface area (Å²) in [5.74, 6) is 0.139. The lowest BCUT2D eigenvalue weighted by Crippen LogP contribution is -2.50. The molecule has 0 bridgehead atoms. The van der Waals surface area contributed by atoms with Crippen molar-refractivity contribution in [1.29, 1.82) is 0 Å². The standard InChI is InChI=1S/C12H23N3O2/c1-12(2,3)9(13)11(17)15-7-6-14-10(16)8-4-5-8/h8-9H,4-7,13H2,1-3H3,(H,14,16)(H,15,17)/t9-/m0/s1. The highest BCUT2D eigenvalue weighted by Crippen LogP contribution is 2.28. The number of rotatable bonds is 5. The van der Waals surface area contributed by atoms with Gasteiger partial charge in [0.15, 0.2) is 0 Å². The van der Waals surface area contributed by atoms with Crippen LogP contribution in [0.2, 0.25) is 0 Å². The molecule has 98 valence electrons. The molecule has 4 N–H and O–H groups in total. The van der Waals surface area contributed by atoms with Gasteiger partial charge in [0.1, 0.15) is 0 Å². The zero-order valence-electron chi connectivity index (χ0n) is 10.9.